The highest BCUT2D eigenvalue weighted by molar-refractivity contribution is 5.75. The number of nitrogens with zero attached hydrogens (tertiary/aromatic N) is 1. The van der Waals surface area contributed by atoms with Crippen molar-refractivity contribution in [2.75, 3.05) is 13.7 Å². The number of hydrogen-bond acceptors (Lipinski definition) is 4. The Morgan fingerprint density at radius 1 is 1.50 bits per heavy atom. The van der Waals surface area contributed by atoms with Gasteiger partial charge in [0.15, 0.2) is 0 Å². The number of carbonyl (C=O) groups excluding carboxylic acids is 1. The maximum absolute atomic E-state index is 11.0. The summed E-state index contributed by atoms with van der Waals surface area (Å²) in [6.07, 6.45) is 0. The molecule has 3 N–H and O–H groups in total. The predicted molar refractivity (Wildman–Crippen MR) is 69.4 cm³/mol. The highest BCUT2D eigenvalue weighted by atomic mass is 16.5. The van der Waals surface area contributed by atoms with Crippen LogP contribution in [0.3, 0.4) is 0 Å². The molecule has 0 spiro atoms. The van der Waals surface area contributed by atoms with E-state index < -0.39 is 0 Å². The molecule has 5 nitrogen and oxygen atoms in total. The molecule has 0 atom stereocenters. The Hall–Kier alpha value is -1.75. The largest absolute Gasteiger partial charge is 0.508 e. The topological polar surface area (TPSA) is 75.8 Å². The van der Waals surface area contributed by atoms with Crippen molar-refractivity contribution in [1.82, 2.24) is 4.90 Å². The highest BCUT2D eigenvalue weighted by Crippen LogP contribution is 2.24. The van der Waals surface area contributed by atoms with Gasteiger partial charge in [-0.25, -0.2) is 0 Å². The molecular formula is C13H20N2O3. The number of benzene rings is 1. The first-order valence-corrected chi connectivity index (χ1v) is 5.82. The van der Waals surface area contributed by atoms with E-state index in [1.807, 2.05) is 18.7 Å². The number of hydrogen-bond donors (Lipinski definition) is 2. The average Bonchev–Trinajstić information content (AvgIpc) is 2.30. The number of rotatable bonds is 6. The molecule has 0 heterocycles. The van der Waals surface area contributed by atoms with E-state index in [4.69, 9.17) is 10.5 Å². The van der Waals surface area contributed by atoms with Crippen molar-refractivity contribution >= 4 is 5.91 Å². The van der Waals surface area contributed by atoms with E-state index >= 15 is 0 Å². The molecule has 5 heteroatoms. The van der Waals surface area contributed by atoms with Crippen molar-refractivity contribution in [2.45, 2.75) is 26.4 Å². The second-order valence-electron chi connectivity index (χ2n) is 4.46. The van der Waals surface area contributed by atoms with Crippen molar-refractivity contribution in [3.63, 3.8) is 0 Å². The number of aromatic hydroxyl groups is 1. The Kier molecular flexibility index (Phi) is 4.97. The summed E-state index contributed by atoms with van der Waals surface area (Å²) in [6, 6.07) is 5.18. The molecule has 0 unspecified atom stereocenters. The number of carbonyl (C=O) groups is 1. The van der Waals surface area contributed by atoms with Gasteiger partial charge in [-0.15, -0.1) is 0 Å². The lowest BCUT2D eigenvalue weighted by Gasteiger charge is -2.25. The molecule has 0 aromatic heterocycles. The second kappa shape index (κ2) is 6.26. The molecule has 1 rings (SSSR count). The van der Waals surface area contributed by atoms with Crippen LogP contribution in [0.5, 0.6) is 11.5 Å². The standard InChI is InChI=1S/C13H20N2O3/c1-9(2)15(8-13(14)17)7-10-6-11(18-3)4-5-12(10)16/h4-6,9,16H,7-8H2,1-3H3,(H2,14,17). The van der Waals surface area contributed by atoms with Crippen molar-refractivity contribution in [3.8, 4) is 11.5 Å². The van der Waals surface area contributed by atoms with E-state index in [9.17, 15) is 9.90 Å². The van der Waals surface area contributed by atoms with Crippen LogP contribution >= 0.6 is 0 Å². The molecule has 0 saturated heterocycles. The summed E-state index contributed by atoms with van der Waals surface area (Å²) < 4.78 is 5.11. The van der Waals surface area contributed by atoms with Crippen LogP contribution in [0.15, 0.2) is 18.2 Å². The number of methoxy groups -OCH3 is 1. The molecule has 0 aliphatic carbocycles. The fourth-order valence-corrected chi connectivity index (χ4v) is 1.66. The van der Waals surface area contributed by atoms with Crippen LogP contribution in [0.25, 0.3) is 0 Å². The Bertz CT molecular complexity index is 419. The first kappa shape index (κ1) is 14.3. The fourth-order valence-electron chi connectivity index (χ4n) is 1.66. The summed E-state index contributed by atoms with van der Waals surface area (Å²) in [5, 5.41) is 9.80. The first-order valence-electron chi connectivity index (χ1n) is 5.82. The zero-order valence-corrected chi connectivity index (χ0v) is 11.0. The van der Waals surface area contributed by atoms with Crippen LogP contribution in [0.4, 0.5) is 0 Å². The van der Waals surface area contributed by atoms with Crippen molar-refractivity contribution in [1.29, 1.82) is 0 Å². The maximum Gasteiger partial charge on any atom is 0.231 e. The van der Waals surface area contributed by atoms with Gasteiger partial charge >= 0.3 is 0 Å². The molecule has 0 aliphatic heterocycles. The van der Waals surface area contributed by atoms with Gasteiger partial charge in [0.1, 0.15) is 11.5 Å². The third-order valence-corrected chi connectivity index (χ3v) is 2.75. The van der Waals surface area contributed by atoms with E-state index in [2.05, 4.69) is 0 Å². The molecule has 100 valence electrons. The minimum atomic E-state index is -0.383. The summed E-state index contributed by atoms with van der Waals surface area (Å²) in [5.41, 5.74) is 5.92. The average molecular weight is 252 g/mol. The van der Waals surface area contributed by atoms with Gasteiger partial charge in [0, 0.05) is 18.2 Å². The van der Waals surface area contributed by atoms with Crippen molar-refractivity contribution in [3.05, 3.63) is 23.8 Å². The number of ether oxygens (including phenoxy) is 1. The van der Waals surface area contributed by atoms with E-state index in [0.717, 1.165) is 0 Å². The Balaban J connectivity index is 2.88. The fraction of sp³-hybridized carbons (Fsp3) is 0.462. The van der Waals surface area contributed by atoms with E-state index in [-0.39, 0.29) is 24.2 Å². The lowest BCUT2D eigenvalue weighted by atomic mass is 10.1. The minimum absolute atomic E-state index is 0.156. The quantitative estimate of drug-likeness (QED) is 0.795. The van der Waals surface area contributed by atoms with Crippen molar-refractivity contribution < 1.29 is 14.6 Å². The van der Waals surface area contributed by atoms with Gasteiger partial charge in [-0.2, -0.15) is 0 Å². The Morgan fingerprint density at radius 3 is 2.67 bits per heavy atom. The molecule has 0 saturated carbocycles. The molecule has 1 aromatic carbocycles. The summed E-state index contributed by atoms with van der Waals surface area (Å²) in [4.78, 5) is 12.9. The molecule has 18 heavy (non-hydrogen) atoms. The lowest BCUT2D eigenvalue weighted by Crippen LogP contribution is -2.37. The molecule has 0 fully saturated rings. The lowest BCUT2D eigenvalue weighted by molar-refractivity contribution is -0.119. The van der Waals surface area contributed by atoms with Crippen LogP contribution in [0.2, 0.25) is 0 Å². The minimum Gasteiger partial charge on any atom is -0.508 e. The number of phenolic OH excluding ortho intramolecular Hbond substituents is 1. The summed E-state index contributed by atoms with van der Waals surface area (Å²) in [5.74, 6) is 0.475. The van der Waals surface area contributed by atoms with Crippen LogP contribution in [0.1, 0.15) is 19.4 Å². The zero-order chi connectivity index (χ0) is 13.7. The van der Waals surface area contributed by atoms with Crippen LogP contribution in [-0.4, -0.2) is 35.6 Å². The predicted octanol–water partition coefficient (Wildman–Crippen LogP) is 1.10. The van der Waals surface area contributed by atoms with E-state index in [0.29, 0.717) is 17.9 Å². The van der Waals surface area contributed by atoms with Crippen LogP contribution in [0, 0.1) is 0 Å². The van der Waals surface area contributed by atoms with E-state index in [1.165, 1.54) is 0 Å². The normalized spacial score (nSPS) is 10.9. The highest BCUT2D eigenvalue weighted by Gasteiger charge is 2.15. The smallest absolute Gasteiger partial charge is 0.231 e. The van der Waals surface area contributed by atoms with E-state index in [1.54, 1.807) is 25.3 Å². The van der Waals surface area contributed by atoms with Gasteiger partial charge in [-0.05, 0) is 32.0 Å². The summed E-state index contributed by atoms with van der Waals surface area (Å²) >= 11 is 0. The van der Waals surface area contributed by atoms with Gasteiger partial charge in [0.25, 0.3) is 0 Å². The number of primary amides is 1. The number of amides is 1. The second-order valence-corrected chi connectivity index (χ2v) is 4.46. The number of phenols is 1. The molecule has 0 radical (unpaired) electrons. The molecule has 0 aliphatic rings. The van der Waals surface area contributed by atoms with Gasteiger partial charge in [-0.1, -0.05) is 0 Å². The third kappa shape index (κ3) is 3.92. The number of nitrogens with two attached hydrogens (primary N) is 1. The first-order chi connectivity index (χ1) is 8.43. The van der Waals surface area contributed by atoms with Gasteiger partial charge < -0.3 is 15.6 Å². The third-order valence-electron chi connectivity index (χ3n) is 2.75. The molecule has 1 amide bonds. The maximum atomic E-state index is 11.0. The van der Waals surface area contributed by atoms with Gasteiger partial charge in [-0.3, -0.25) is 9.69 Å². The Morgan fingerprint density at radius 2 is 2.17 bits per heavy atom. The Labute approximate surface area is 107 Å². The summed E-state index contributed by atoms with van der Waals surface area (Å²) in [6.45, 7) is 4.55. The summed E-state index contributed by atoms with van der Waals surface area (Å²) in [7, 11) is 1.57. The SMILES string of the molecule is COc1ccc(O)c(CN(CC(N)=O)C(C)C)c1. The van der Waals surface area contributed by atoms with Gasteiger partial charge in [0.05, 0.1) is 13.7 Å². The van der Waals surface area contributed by atoms with Crippen LogP contribution < -0.4 is 10.5 Å². The molecule has 0 bridgehead atoms. The van der Waals surface area contributed by atoms with Crippen LogP contribution in [-0.2, 0) is 11.3 Å². The molecular weight excluding hydrogens is 232 g/mol. The monoisotopic (exact) mass is 252 g/mol. The molecule has 1 aromatic rings. The van der Waals surface area contributed by atoms with Gasteiger partial charge in [0.2, 0.25) is 5.91 Å². The zero-order valence-electron chi connectivity index (χ0n) is 11.0. The van der Waals surface area contributed by atoms with Crippen molar-refractivity contribution in [2.24, 2.45) is 5.73 Å².